The number of nitrogens with zero attached hydrogens (tertiary/aromatic N) is 4. The number of fused-ring (bicyclic) bond motifs is 4. The molecule has 2 amide bonds. The molecule has 2 atom stereocenters. The van der Waals surface area contributed by atoms with Gasteiger partial charge in [-0.3, -0.25) is 4.90 Å². The van der Waals surface area contributed by atoms with Crippen LogP contribution in [0.4, 0.5) is 4.79 Å². The Hall–Kier alpha value is -3.17. The van der Waals surface area contributed by atoms with Gasteiger partial charge in [-0.05, 0) is 49.2 Å². The Bertz CT molecular complexity index is 1240. The maximum atomic E-state index is 11.6. The molecule has 6 rings (SSSR count). The third-order valence-corrected chi connectivity index (χ3v) is 7.06. The van der Waals surface area contributed by atoms with E-state index in [1.807, 2.05) is 30.3 Å². The van der Waals surface area contributed by atoms with Crippen molar-refractivity contribution >= 4 is 38.7 Å². The lowest BCUT2D eigenvalue weighted by Crippen LogP contribution is -2.56. The quantitative estimate of drug-likeness (QED) is 0.521. The molecule has 2 fully saturated rings. The Morgan fingerprint density at radius 3 is 2.84 bits per heavy atom. The number of urea groups is 1. The van der Waals surface area contributed by atoms with Gasteiger partial charge in [0.2, 0.25) is 0 Å². The van der Waals surface area contributed by atoms with Crippen molar-refractivity contribution in [2.24, 2.45) is 5.73 Å². The van der Waals surface area contributed by atoms with Gasteiger partial charge in [0.1, 0.15) is 17.1 Å². The van der Waals surface area contributed by atoms with Gasteiger partial charge < -0.3 is 19.8 Å². The third-order valence-electron chi connectivity index (χ3n) is 6.17. The Morgan fingerprint density at radius 2 is 2.06 bits per heavy atom. The van der Waals surface area contributed by atoms with Gasteiger partial charge in [0.05, 0.1) is 11.2 Å². The number of primary amides is 1. The third kappa shape index (κ3) is 3.39. The molecule has 0 spiro atoms. The van der Waals surface area contributed by atoms with Gasteiger partial charge in [0, 0.05) is 36.8 Å². The number of hydrogen-bond donors (Lipinski definition) is 1. The minimum atomic E-state index is -0.322. The van der Waals surface area contributed by atoms with E-state index in [0.717, 1.165) is 40.8 Å². The highest BCUT2D eigenvalue weighted by Gasteiger charge is 2.41. The Labute approximate surface area is 182 Å². The first-order chi connectivity index (χ1) is 15.1. The number of carbonyl (C=O) groups is 1. The molecule has 4 aromatic rings. The Balaban J connectivity index is 1.20. The van der Waals surface area contributed by atoms with E-state index < -0.39 is 0 Å². The summed E-state index contributed by atoms with van der Waals surface area (Å²) in [4.78, 5) is 24.5. The number of thiazole rings is 1. The van der Waals surface area contributed by atoms with Crippen LogP contribution in [0.2, 0.25) is 0 Å². The number of pyridine rings is 1. The number of amides is 2. The normalized spacial score (nSPS) is 21.2. The summed E-state index contributed by atoms with van der Waals surface area (Å²) >= 11 is 1.47. The van der Waals surface area contributed by atoms with E-state index in [9.17, 15) is 4.79 Å². The number of piperazine rings is 1. The molecule has 2 aliphatic rings. The summed E-state index contributed by atoms with van der Waals surface area (Å²) in [6, 6.07) is 12.1. The molecule has 1 aromatic carbocycles. The van der Waals surface area contributed by atoms with Gasteiger partial charge >= 0.3 is 6.03 Å². The maximum absolute atomic E-state index is 11.6. The fourth-order valence-electron chi connectivity index (χ4n) is 4.72. The Kier molecular flexibility index (Phi) is 4.32. The molecule has 2 bridgehead atoms. The molecule has 9 heteroatoms. The molecule has 5 heterocycles. The first-order valence-corrected chi connectivity index (χ1v) is 11.2. The molecule has 2 N–H and O–H groups in total. The van der Waals surface area contributed by atoms with Crippen LogP contribution in [-0.4, -0.2) is 51.0 Å². The summed E-state index contributed by atoms with van der Waals surface area (Å²) in [6.45, 7) is 2.12. The van der Waals surface area contributed by atoms with Crippen LogP contribution < -0.4 is 10.5 Å². The lowest BCUT2D eigenvalue weighted by atomic mass is 10.2. The zero-order chi connectivity index (χ0) is 20.9. The average molecular weight is 436 g/mol. The van der Waals surface area contributed by atoms with Crippen molar-refractivity contribution in [3.8, 4) is 10.9 Å². The van der Waals surface area contributed by atoms with Crippen LogP contribution in [0.3, 0.4) is 0 Å². The van der Waals surface area contributed by atoms with E-state index in [4.69, 9.17) is 14.9 Å². The lowest BCUT2D eigenvalue weighted by molar-refractivity contribution is 0.0747. The highest BCUT2D eigenvalue weighted by molar-refractivity contribution is 7.20. The summed E-state index contributed by atoms with van der Waals surface area (Å²) in [6.07, 6.45) is 3.90. The smallest absolute Gasteiger partial charge is 0.314 e. The minimum Gasteiger partial charge on any atom is -0.460 e. The number of ether oxygens (including phenoxy) is 1. The van der Waals surface area contributed by atoms with Crippen molar-refractivity contribution < 1.29 is 13.9 Å². The zero-order valence-corrected chi connectivity index (χ0v) is 17.5. The van der Waals surface area contributed by atoms with Gasteiger partial charge in [-0.25, -0.2) is 9.78 Å². The molecule has 8 nitrogen and oxygen atoms in total. The van der Waals surface area contributed by atoms with Crippen LogP contribution in [0.5, 0.6) is 10.9 Å². The van der Waals surface area contributed by atoms with Crippen LogP contribution in [0.15, 0.2) is 47.0 Å². The predicted octanol–water partition coefficient (Wildman–Crippen LogP) is 3.96. The second kappa shape index (κ2) is 7.21. The molecule has 2 saturated heterocycles. The van der Waals surface area contributed by atoms with Crippen LogP contribution >= 0.6 is 11.3 Å². The van der Waals surface area contributed by atoms with E-state index in [1.165, 1.54) is 11.3 Å². The van der Waals surface area contributed by atoms with Gasteiger partial charge in [-0.1, -0.05) is 11.3 Å². The summed E-state index contributed by atoms with van der Waals surface area (Å²) in [5.74, 6) is 1.63. The maximum Gasteiger partial charge on any atom is 0.314 e. The molecular formula is C22H21N5O3S. The fourth-order valence-corrected chi connectivity index (χ4v) is 5.51. The van der Waals surface area contributed by atoms with Crippen molar-refractivity contribution in [3.05, 3.63) is 48.4 Å². The molecule has 3 aromatic heterocycles. The van der Waals surface area contributed by atoms with Crippen LogP contribution in [0.25, 0.3) is 21.3 Å². The van der Waals surface area contributed by atoms with E-state index in [2.05, 4.69) is 20.9 Å². The van der Waals surface area contributed by atoms with Crippen molar-refractivity contribution in [3.63, 3.8) is 0 Å². The predicted molar refractivity (Wildman–Crippen MR) is 117 cm³/mol. The van der Waals surface area contributed by atoms with E-state index in [0.29, 0.717) is 41.8 Å². The van der Waals surface area contributed by atoms with Gasteiger partial charge in [0.25, 0.3) is 5.19 Å². The van der Waals surface area contributed by atoms with Crippen molar-refractivity contribution in [1.82, 2.24) is 19.8 Å². The monoisotopic (exact) mass is 435 g/mol. The standard InChI is InChI=1S/C22H21N5O3S/c23-21(28)26-10-14-3-4-15(11-26)27(14)12-17-9-13-8-16(5-6-18(13)29-17)30-22-25-20-19(31-22)2-1-7-24-20/h1-2,5-9,14-15H,3-4,10-12H2,(H2,23,28)/t14-,15?/m0/s1. The van der Waals surface area contributed by atoms with Crippen molar-refractivity contribution in [1.29, 1.82) is 0 Å². The van der Waals surface area contributed by atoms with E-state index in [-0.39, 0.29) is 6.03 Å². The molecular weight excluding hydrogens is 414 g/mol. The average Bonchev–Trinajstić information content (AvgIpc) is 3.40. The number of benzene rings is 1. The summed E-state index contributed by atoms with van der Waals surface area (Å²) in [5.41, 5.74) is 7.02. The molecule has 1 unspecified atom stereocenters. The van der Waals surface area contributed by atoms with Crippen molar-refractivity contribution in [2.45, 2.75) is 31.5 Å². The number of aromatic nitrogens is 2. The minimum absolute atomic E-state index is 0.322. The second-order valence-corrected chi connectivity index (χ2v) is 9.11. The molecule has 158 valence electrons. The van der Waals surface area contributed by atoms with Crippen LogP contribution in [0.1, 0.15) is 18.6 Å². The van der Waals surface area contributed by atoms with Gasteiger partial charge in [0.15, 0.2) is 5.65 Å². The number of carbonyl (C=O) groups excluding carboxylic acids is 1. The molecule has 0 radical (unpaired) electrons. The largest absolute Gasteiger partial charge is 0.460 e. The van der Waals surface area contributed by atoms with E-state index >= 15 is 0 Å². The molecule has 31 heavy (non-hydrogen) atoms. The number of likely N-dealkylation sites (tertiary alicyclic amines) is 1. The lowest BCUT2D eigenvalue weighted by Gasteiger charge is -2.39. The molecule has 2 aliphatic heterocycles. The highest BCUT2D eigenvalue weighted by Crippen LogP contribution is 2.35. The van der Waals surface area contributed by atoms with Crippen LogP contribution in [-0.2, 0) is 6.54 Å². The van der Waals surface area contributed by atoms with Gasteiger partial charge in [-0.2, -0.15) is 4.98 Å². The number of nitrogens with two attached hydrogens (primary N) is 1. The number of furan rings is 1. The number of hydrogen-bond acceptors (Lipinski definition) is 7. The zero-order valence-electron chi connectivity index (χ0n) is 16.7. The summed E-state index contributed by atoms with van der Waals surface area (Å²) < 4.78 is 13.1. The van der Waals surface area contributed by atoms with E-state index in [1.54, 1.807) is 11.1 Å². The molecule has 0 aliphatic carbocycles. The topological polar surface area (TPSA) is 97.7 Å². The highest BCUT2D eigenvalue weighted by atomic mass is 32.1. The Morgan fingerprint density at radius 1 is 1.23 bits per heavy atom. The molecule has 0 saturated carbocycles. The SMILES string of the molecule is NC(=O)N1CC2CC[C@@H](C1)N2Cc1cc2cc(Oc3nc4ncccc4s3)ccc2o1. The fraction of sp³-hybridized carbons (Fsp3) is 0.318. The second-order valence-electron chi connectivity index (χ2n) is 8.12. The van der Waals surface area contributed by atoms with Crippen molar-refractivity contribution in [2.75, 3.05) is 13.1 Å². The first kappa shape index (κ1) is 18.6. The summed E-state index contributed by atoms with van der Waals surface area (Å²) in [7, 11) is 0. The summed E-state index contributed by atoms with van der Waals surface area (Å²) in [5, 5.41) is 1.57. The van der Waals surface area contributed by atoms with Gasteiger partial charge in [-0.15, -0.1) is 0 Å². The van der Waals surface area contributed by atoms with Crippen LogP contribution in [0, 0.1) is 0 Å². The first-order valence-electron chi connectivity index (χ1n) is 10.3. The number of rotatable bonds is 4.